The molecule has 1 aliphatic rings. The molecule has 21 heavy (non-hydrogen) atoms. The second kappa shape index (κ2) is 6.37. The quantitative estimate of drug-likeness (QED) is 0.654. The molecular formula is C16H23N5. The molecule has 0 spiro atoms. The lowest BCUT2D eigenvalue weighted by Crippen LogP contribution is -2.30. The largest absolute Gasteiger partial charge is 0.271 e. The number of aryl methyl sites for hydroxylation is 1. The highest BCUT2D eigenvalue weighted by molar-refractivity contribution is 5.19. The molecule has 2 heterocycles. The lowest BCUT2D eigenvalue weighted by atomic mass is 10.1. The Balaban J connectivity index is 1.72. The van der Waals surface area contributed by atoms with Gasteiger partial charge in [0.1, 0.15) is 0 Å². The molecule has 0 saturated heterocycles. The van der Waals surface area contributed by atoms with Gasteiger partial charge in [-0.3, -0.25) is 20.9 Å². The van der Waals surface area contributed by atoms with Crippen molar-refractivity contribution < 1.29 is 0 Å². The van der Waals surface area contributed by atoms with E-state index in [1.165, 1.54) is 31.2 Å². The van der Waals surface area contributed by atoms with Gasteiger partial charge in [-0.1, -0.05) is 12.8 Å². The van der Waals surface area contributed by atoms with Crippen molar-refractivity contribution in [2.75, 3.05) is 0 Å². The highest BCUT2D eigenvalue weighted by atomic mass is 15.3. The van der Waals surface area contributed by atoms with Crippen molar-refractivity contribution >= 4 is 0 Å². The molecule has 1 fully saturated rings. The van der Waals surface area contributed by atoms with Gasteiger partial charge in [-0.05, 0) is 43.5 Å². The molecule has 0 aromatic carbocycles. The molecule has 0 amide bonds. The van der Waals surface area contributed by atoms with Crippen molar-refractivity contribution in [1.82, 2.24) is 20.2 Å². The van der Waals surface area contributed by atoms with Crippen LogP contribution in [0.1, 0.15) is 54.7 Å². The van der Waals surface area contributed by atoms with E-state index in [-0.39, 0.29) is 6.04 Å². The minimum absolute atomic E-state index is 0.00294. The maximum absolute atomic E-state index is 5.71. The van der Waals surface area contributed by atoms with E-state index in [0.29, 0.717) is 6.04 Å². The summed E-state index contributed by atoms with van der Waals surface area (Å²) >= 11 is 0. The van der Waals surface area contributed by atoms with Crippen LogP contribution in [0.25, 0.3) is 0 Å². The van der Waals surface area contributed by atoms with Crippen LogP contribution in [0.15, 0.2) is 30.6 Å². The zero-order valence-electron chi connectivity index (χ0n) is 12.5. The Morgan fingerprint density at radius 2 is 2.19 bits per heavy atom. The van der Waals surface area contributed by atoms with Crippen LogP contribution in [0.5, 0.6) is 0 Å². The van der Waals surface area contributed by atoms with Crippen LogP contribution < -0.4 is 11.3 Å². The van der Waals surface area contributed by atoms with Gasteiger partial charge in [-0.2, -0.15) is 5.10 Å². The minimum Gasteiger partial charge on any atom is -0.271 e. The Hall–Kier alpha value is -1.72. The van der Waals surface area contributed by atoms with E-state index in [9.17, 15) is 0 Å². The van der Waals surface area contributed by atoms with Crippen molar-refractivity contribution in [2.45, 2.75) is 51.1 Å². The molecule has 3 rings (SSSR count). The van der Waals surface area contributed by atoms with E-state index in [1.807, 2.05) is 12.3 Å². The van der Waals surface area contributed by atoms with Crippen molar-refractivity contribution in [3.8, 4) is 0 Å². The summed E-state index contributed by atoms with van der Waals surface area (Å²) in [5, 5.41) is 4.72. The third-order valence-electron chi connectivity index (χ3n) is 4.27. The van der Waals surface area contributed by atoms with Gasteiger partial charge < -0.3 is 0 Å². The molecule has 5 nitrogen and oxygen atoms in total. The van der Waals surface area contributed by atoms with Gasteiger partial charge >= 0.3 is 0 Å². The Labute approximate surface area is 125 Å². The zero-order valence-corrected chi connectivity index (χ0v) is 12.5. The van der Waals surface area contributed by atoms with Crippen molar-refractivity contribution in [3.05, 3.63) is 47.5 Å². The predicted molar refractivity (Wildman–Crippen MR) is 82.5 cm³/mol. The monoisotopic (exact) mass is 285 g/mol. The van der Waals surface area contributed by atoms with Crippen LogP contribution in [0.2, 0.25) is 0 Å². The number of nitrogens with zero attached hydrogens (tertiary/aromatic N) is 3. The minimum atomic E-state index is -0.00294. The number of hydrogen-bond donors (Lipinski definition) is 2. The summed E-state index contributed by atoms with van der Waals surface area (Å²) in [5.74, 6) is 5.71. The maximum atomic E-state index is 5.71. The third-order valence-corrected chi connectivity index (χ3v) is 4.27. The molecule has 5 heteroatoms. The molecule has 112 valence electrons. The fourth-order valence-electron chi connectivity index (χ4n) is 3.07. The SMILES string of the molecule is Cc1ccnc(C(Cc2ccn(C3CCCC3)n2)NN)c1. The highest BCUT2D eigenvalue weighted by Crippen LogP contribution is 2.29. The summed E-state index contributed by atoms with van der Waals surface area (Å²) < 4.78 is 2.12. The Bertz CT molecular complexity index is 586. The summed E-state index contributed by atoms with van der Waals surface area (Å²) in [5.41, 5.74) is 6.08. The maximum Gasteiger partial charge on any atom is 0.0688 e. The van der Waals surface area contributed by atoms with Crippen LogP contribution in [0.3, 0.4) is 0 Å². The van der Waals surface area contributed by atoms with Crippen LogP contribution in [0.4, 0.5) is 0 Å². The number of pyridine rings is 1. The standard InChI is InChI=1S/C16H23N5/c1-12-6-8-18-15(10-12)16(19-17)11-13-7-9-21(20-13)14-4-2-3-5-14/h6-10,14,16,19H,2-5,11,17H2,1H3. The molecule has 3 N–H and O–H groups in total. The first-order valence-corrected chi connectivity index (χ1v) is 7.69. The number of aromatic nitrogens is 3. The van der Waals surface area contributed by atoms with Gasteiger partial charge in [-0.25, -0.2) is 0 Å². The van der Waals surface area contributed by atoms with Crippen molar-refractivity contribution in [3.63, 3.8) is 0 Å². The summed E-state index contributed by atoms with van der Waals surface area (Å²) in [7, 11) is 0. The van der Waals surface area contributed by atoms with E-state index in [0.717, 1.165) is 17.8 Å². The van der Waals surface area contributed by atoms with Gasteiger partial charge in [0.05, 0.1) is 23.5 Å². The topological polar surface area (TPSA) is 68.8 Å². The molecule has 1 aliphatic carbocycles. The lowest BCUT2D eigenvalue weighted by Gasteiger charge is -2.15. The van der Waals surface area contributed by atoms with E-state index in [1.54, 1.807) is 0 Å². The fourth-order valence-corrected chi connectivity index (χ4v) is 3.07. The molecule has 2 aromatic heterocycles. The summed E-state index contributed by atoms with van der Waals surface area (Å²) in [6.45, 7) is 2.06. The number of nitrogens with one attached hydrogen (secondary N) is 1. The van der Waals surface area contributed by atoms with E-state index in [2.05, 4.69) is 40.3 Å². The van der Waals surface area contributed by atoms with Crippen LogP contribution in [-0.2, 0) is 6.42 Å². The Kier molecular flexibility index (Phi) is 4.31. The van der Waals surface area contributed by atoms with Gasteiger partial charge in [0.25, 0.3) is 0 Å². The molecule has 1 unspecified atom stereocenters. The summed E-state index contributed by atoms with van der Waals surface area (Å²) in [4.78, 5) is 4.41. The lowest BCUT2D eigenvalue weighted by molar-refractivity contribution is 0.456. The smallest absolute Gasteiger partial charge is 0.0688 e. The van der Waals surface area contributed by atoms with E-state index in [4.69, 9.17) is 10.9 Å². The normalized spacial score (nSPS) is 17.2. The molecular weight excluding hydrogens is 262 g/mol. The molecule has 1 atom stereocenters. The fraction of sp³-hybridized carbons (Fsp3) is 0.500. The first-order valence-electron chi connectivity index (χ1n) is 7.69. The highest BCUT2D eigenvalue weighted by Gasteiger charge is 2.19. The zero-order chi connectivity index (χ0) is 14.7. The van der Waals surface area contributed by atoms with Gasteiger partial charge in [0.15, 0.2) is 0 Å². The van der Waals surface area contributed by atoms with Crippen molar-refractivity contribution in [2.24, 2.45) is 5.84 Å². The first kappa shape index (κ1) is 14.2. The third kappa shape index (κ3) is 3.31. The van der Waals surface area contributed by atoms with Gasteiger partial charge in [0, 0.05) is 18.8 Å². The summed E-state index contributed by atoms with van der Waals surface area (Å²) in [6, 6.07) is 6.74. The van der Waals surface area contributed by atoms with Crippen LogP contribution in [0, 0.1) is 6.92 Å². The Morgan fingerprint density at radius 3 is 2.90 bits per heavy atom. The Morgan fingerprint density at radius 1 is 1.38 bits per heavy atom. The van der Waals surface area contributed by atoms with Crippen molar-refractivity contribution in [1.29, 1.82) is 0 Å². The average Bonchev–Trinajstić information content (AvgIpc) is 3.15. The molecule has 1 saturated carbocycles. The van der Waals surface area contributed by atoms with Crippen LogP contribution in [-0.4, -0.2) is 14.8 Å². The summed E-state index contributed by atoms with van der Waals surface area (Å²) in [6.07, 6.45) is 9.82. The average molecular weight is 285 g/mol. The predicted octanol–water partition coefficient (Wildman–Crippen LogP) is 2.45. The van der Waals surface area contributed by atoms with Gasteiger partial charge in [0.2, 0.25) is 0 Å². The van der Waals surface area contributed by atoms with E-state index >= 15 is 0 Å². The van der Waals surface area contributed by atoms with E-state index < -0.39 is 0 Å². The second-order valence-corrected chi connectivity index (χ2v) is 5.91. The number of hydrazine groups is 1. The molecule has 2 aromatic rings. The molecule has 0 radical (unpaired) electrons. The number of nitrogens with two attached hydrogens (primary N) is 1. The van der Waals surface area contributed by atoms with Gasteiger partial charge in [-0.15, -0.1) is 0 Å². The first-order chi connectivity index (χ1) is 10.3. The van der Waals surface area contributed by atoms with Crippen LogP contribution >= 0.6 is 0 Å². The number of rotatable bonds is 5. The number of hydrogen-bond acceptors (Lipinski definition) is 4. The molecule has 0 aliphatic heterocycles. The molecule has 0 bridgehead atoms. The second-order valence-electron chi connectivity index (χ2n) is 5.91.